The Bertz CT molecular complexity index is 544. The van der Waals surface area contributed by atoms with E-state index in [4.69, 9.17) is 9.84 Å². The Labute approximate surface area is 124 Å². The van der Waals surface area contributed by atoms with Gasteiger partial charge in [-0.25, -0.2) is 18.0 Å². The van der Waals surface area contributed by atoms with Gasteiger partial charge in [-0.15, -0.1) is 0 Å². The van der Waals surface area contributed by atoms with Gasteiger partial charge in [-0.2, -0.15) is 12.6 Å². The number of benzene rings is 1. The van der Waals surface area contributed by atoms with Crippen molar-refractivity contribution in [2.24, 2.45) is 0 Å². The highest BCUT2D eigenvalue weighted by molar-refractivity contribution is 7.81. The lowest BCUT2D eigenvalue weighted by Gasteiger charge is -2.21. The van der Waals surface area contributed by atoms with E-state index in [0.717, 1.165) is 6.07 Å². The topological polar surface area (TPSA) is 49.8 Å². The van der Waals surface area contributed by atoms with Gasteiger partial charge in [0.1, 0.15) is 5.82 Å². The highest BCUT2D eigenvalue weighted by Gasteiger charge is 2.33. The van der Waals surface area contributed by atoms with Crippen LogP contribution in [0.15, 0.2) is 12.1 Å². The molecular weight excluding hydrogens is 307 g/mol. The number of ether oxygens (including phenoxy) is 1. The summed E-state index contributed by atoms with van der Waals surface area (Å²) in [7, 11) is 0. The molecule has 116 valence electrons. The van der Waals surface area contributed by atoms with Crippen LogP contribution in [0.4, 0.5) is 18.0 Å². The lowest BCUT2D eigenvalue weighted by Crippen LogP contribution is -2.37. The van der Waals surface area contributed by atoms with Gasteiger partial charge in [-0.05, 0) is 12.5 Å². The summed E-state index contributed by atoms with van der Waals surface area (Å²) in [4.78, 5) is 12.2. The molecule has 1 amide bonds. The fourth-order valence-electron chi connectivity index (χ4n) is 2.26. The lowest BCUT2D eigenvalue weighted by atomic mass is 10.2. The molecule has 0 saturated carbocycles. The van der Waals surface area contributed by atoms with Crippen LogP contribution in [0.25, 0.3) is 0 Å². The highest BCUT2D eigenvalue weighted by Crippen LogP contribution is 2.23. The second-order valence-corrected chi connectivity index (χ2v) is 5.58. The minimum atomic E-state index is -1.26. The average Bonchev–Trinajstić information content (AvgIpc) is 2.77. The molecule has 4 nitrogen and oxygen atoms in total. The number of hydrogen-bond acceptors (Lipinski definition) is 3. The zero-order chi connectivity index (χ0) is 15.6. The van der Waals surface area contributed by atoms with E-state index >= 15 is 0 Å². The molecule has 2 atom stereocenters. The first-order chi connectivity index (χ1) is 9.88. The summed E-state index contributed by atoms with van der Waals surface area (Å²) >= 11 is 4.23. The van der Waals surface area contributed by atoms with Gasteiger partial charge in [0, 0.05) is 23.4 Å². The first-order valence-corrected chi connectivity index (χ1v) is 6.79. The van der Waals surface area contributed by atoms with Crippen LogP contribution >= 0.6 is 12.6 Å². The van der Waals surface area contributed by atoms with Gasteiger partial charge in [0.05, 0.1) is 19.3 Å². The van der Waals surface area contributed by atoms with Crippen LogP contribution in [-0.2, 0) is 11.3 Å². The van der Waals surface area contributed by atoms with Crippen molar-refractivity contribution in [2.45, 2.75) is 24.3 Å². The predicted molar refractivity (Wildman–Crippen MR) is 71.9 cm³/mol. The number of hydrogen-bond donors (Lipinski definition) is 2. The molecule has 1 saturated heterocycles. The van der Waals surface area contributed by atoms with E-state index in [-0.39, 0.29) is 30.1 Å². The molecule has 1 fully saturated rings. The molecule has 1 aromatic rings. The minimum absolute atomic E-state index is 0.0434. The summed E-state index contributed by atoms with van der Waals surface area (Å²) in [5.74, 6) is -3.32. The zero-order valence-corrected chi connectivity index (χ0v) is 11.8. The third kappa shape index (κ3) is 3.82. The molecule has 1 N–H and O–H groups in total. The first-order valence-electron chi connectivity index (χ1n) is 6.27. The van der Waals surface area contributed by atoms with Crippen molar-refractivity contribution in [2.75, 3.05) is 13.2 Å². The molecule has 2 rings (SSSR count). The molecule has 1 aliphatic heterocycles. The van der Waals surface area contributed by atoms with Crippen LogP contribution in [-0.4, -0.2) is 40.5 Å². The number of halogens is 3. The van der Waals surface area contributed by atoms with Crippen LogP contribution < -0.4 is 0 Å². The summed E-state index contributed by atoms with van der Waals surface area (Å²) in [6.07, 6.45) is -0.547. The molecule has 21 heavy (non-hydrogen) atoms. The maximum absolute atomic E-state index is 13.4. The largest absolute Gasteiger partial charge is 0.465 e. The second-order valence-electron chi connectivity index (χ2n) is 4.85. The molecule has 0 aliphatic carbocycles. The molecule has 0 aromatic heterocycles. The Kier molecular flexibility index (Phi) is 5.00. The fraction of sp³-hybridized carbons (Fsp3) is 0.462. The number of carbonyl (C=O) groups is 1. The summed E-state index contributed by atoms with van der Waals surface area (Å²) in [5.41, 5.74) is -0.115. The average molecular weight is 321 g/mol. The summed E-state index contributed by atoms with van der Waals surface area (Å²) < 4.78 is 44.4. The third-order valence-corrected chi connectivity index (χ3v) is 3.67. The standard InChI is InChI=1S/C13H14F3NO3S/c14-10-3-12(16)11(15)1-7(10)5-20-6-8-2-9(21)4-17(8)13(18)19/h1,3,8-9,21H,2,4-6H2,(H,18,19)/t8-,9+/m0/s1. The Morgan fingerprint density at radius 3 is 2.67 bits per heavy atom. The Hall–Kier alpha value is -1.41. The molecule has 0 spiro atoms. The SMILES string of the molecule is O=C(O)N1C[C@H](S)C[C@H]1COCc1cc(F)c(F)cc1F. The van der Waals surface area contributed by atoms with E-state index in [1.807, 2.05) is 0 Å². The molecule has 1 aliphatic rings. The number of likely N-dealkylation sites (tertiary alicyclic amines) is 1. The van der Waals surface area contributed by atoms with Gasteiger partial charge in [0.25, 0.3) is 0 Å². The number of nitrogens with zero attached hydrogens (tertiary/aromatic N) is 1. The molecule has 1 aromatic carbocycles. The highest BCUT2D eigenvalue weighted by atomic mass is 32.1. The molecule has 0 radical (unpaired) electrons. The fourth-order valence-corrected chi connectivity index (χ4v) is 2.68. The van der Waals surface area contributed by atoms with Crippen molar-refractivity contribution in [1.82, 2.24) is 4.90 Å². The molecular formula is C13H14F3NO3S. The van der Waals surface area contributed by atoms with Crippen LogP contribution in [0.1, 0.15) is 12.0 Å². The van der Waals surface area contributed by atoms with Gasteiger partial charge in [-0.1, -0.05) is 0 Å². The van der Waals surface area contributed by atoms with E-state index < -0.39 is 23.5 Å². The van der Waals surface area contributed by atoms with E-state index in [0.29, 0.717) is 19.0 Å². The lowest BCUT2D eigenvalue weighted by molar-refractivity contribution is 0.0629. The van der Waals surface area contributed by atoms with Crippen molar-refractivity contribution in [3.05, 3.63) is 35.1 Å². The minimum Gasteiger partial charge on any atom is -0.465 e. The quantitative estimate of drug-likeness (QED) is 0.662. The zero-order valence-electron chi connectivity index (χ0n) is 10.9. The second kappa shape index (κ2) is 6.57. The van der Waals surface area contributed by atoms with E-state index in [1.54, 1.807) is 0 Å². The summed E-state index contributed by atoms with van der Waals surface area (Å²) in [5, 5.41) is 8.94. The maximum Gasteiger partial charge on any atom is 0.407 e. The van der Waals surface area contributed by atoms with Crippen molar-refractivity contribution < 1.29 is 27.8 Å². The maximum atomic E-state index is 13.4. The Balaban J connectivity index is 1.92. The number of thiol groups is 1. The van der Waals surface area contributed by atoms with E-state index in [9.17, 15) is 18.0 Å². The summed E-state index contributed by atoms with van der Waals surface area (Å²) in [6.45, 7) is 0.0814. The Morgan fingerprint density at radius 2 is 2.00 bits per heavy atom. The van der Waals surface area contributed by atoms with Gasteiger partial charge in [0.15, 0.2) is 11.6 Å². The first kappa shape index (κ1) is 16.0. The van der Waals surface area contributed by atoms with Crippen LogP contribution in [0.3, 0.4) is 0 Å². The Morgan fingerprint density at radius 1 is 1.33 bits per heavy atom. The van der Waals surface area contributed by atoms with Gasteiger partial charge < -0.3 is 14.7 Å². The normalized spacial score (nSPS) is 21.8. The van der Waals surface area contributed by atoms with Crippen molar-refractivity contribution in [3.8, 4) is 0 Å². The smallest absolute Gasteiger partial charge is 0.407 e. The van der Waals surface area contributed by atoms with Crippen LogP contribution in [0.5, 0.6) is 0 Å². The van der Waals surface area contributed by atoms with Gasteiger partial charge in [-0.3, -0.25) is 0 Å². The number of amides is 1. The molecule has 0 bridgehead atoms. The van der Waals surface area contributed by atoms with Gasteiger partial charge >= 0.3 is 6.09 Å². The van der Waals surface area contributed by atoms with Crippen LogP contribution in [0, 0.1) is 17.5 Å². The van der Waals surface area contributed by atoms with E-state index in [2.05, 4.69) is 12.6 Å². The van der Waals surface area contributed by atoms with Crippen LogP contribution in [0.2, 0.25) is 0 Å². The predicted octanol–water partition coefficient (Wildman–Crippen LogP) is 2.67. The monoisotopic (exact) mass is 321 g/mol. The van der Waals surface area contributed by atoms with Gasteiger partial charge in [0.2, 0.25) is 0 Å². The number of rotatable bonds is 4. The molecule has 0 unspecified atom stereocenters. The molecule has 8 heteroatoms. The van der Waals surface area contributed by atoms with Crippen molar-refractivity contribution in [1.29, 1.82) is 0 Å². The third-order valence-electron chi connectivity index (χ3n) is 3.30. The number of carboxylic acid groups (broad SMARTS) is 1. The van der Waals surface area contributed by atoms with Crippen molar-refractivity contribution >= 4 is 18.7 Å². The summed E-state index contributed by atoms with van der Waals surface area (Å²) in [6, 6.07) is 0.811. The molecule has 1 heterocycles. The van der Waals surface area contributed by atoms with E-state index in [1.165, 1.54) is 4.90 Å². The van der Waals surface area contributed by atoms with Crippen molar-refractivity contribution in [3.63, 3.8) is 0 Å².